The molecule has 0 saturated carbocycles. The van der Waals surface area contributed by atoms with Crippen molar-refractivity contribution in [3.63, 3.8) is 0 Å². The quantitative estimate of drug-likeness (QED) is 0.659. The van der Waals surface area contributed by atoms with Crippen LogP contribution in [0.25, 0.3) is 5.65 Å². The summed E-state index contributed by atoms with van der Waals surface area (Å²) in [5.74, 6) is -0.310. The Bertz CT molecular complexity index is 1050. The molecule has 0 fully saturated rings. The first-order chi connectivity index (χ1) is 11.8. The van der Waals surface area contributed by atoms with Crippen LogP contribution < -0.4 is 10.0 Å². The second-order valence-electron chi connectivity index (χ2n) is 5.48. The van der Waals surface area contributed by atoms with Gasteiger partial charge in [-0.2, -0.15) is 0 Å². The molecule has 0 spiro atoms. The van der Waals surface area contributed by atoms with Gasteiger partial charge in [0.2, 0.25) is 10.0 Å². The summed E-state index contributed by atoms with van der Waals surface area (Å²) < 4.78 is 27.7. The Hall–Kier alpha value is -2.39. The number of rotatable bonds is 5. The van der Waals surface area contributed by atoms with Crippen molar-refractivity contribution in [2.24, 2.45) is 0 Å². The van der Waals surface area contributed by atoms with Crippen LogP contribution in [0.2, 0.25) is 0 Å². The molecule has 0 bridgehead atoms. The van der Waals surface area contributed by atoms with Crippen molar-refractivity contribution in [2.45, 2.75) is 6.54 Å². The Labute approximate surface area is 153 Å². The third-order valence-electron chi connectivity index (χ3n) is 3.32. The number of nitrogens with zero attached hydrogens (tertiary/aromatic N) is 2. The summed E-state index contributed by atoms with van der Waals surface area (Å²) in [5, 5.41) is 2.78. The molecular weight excluding hydrogens is 408 g/mol. The van der Waals surface area contributed by atoms with Crippen LogP contribution in [0.3, 0.4) is 0 Å². The molecule has 0 aliphatic heterocycles. The predicted octanol–water partition coefficient (Wildman–Crippen LogP) is 2.40. The number of pyridine rings is 1. The van der Waals surface area contributed by atoms with E-state index in [1.807, 2.05) is 28.9 Å². The maximum Gasteiger partial charge on any atom is 0.251 e. The van der Waals surface area contributed by atoms with Crippen molar-refractivity contribution in [2.75, 3.05) is 11.0 Å². The topological polar surface area (TPSA) is 92.6 Å². The van der Waals surface area contributed by atoms with E-state index in [-0.39, 0.29) is 12.5 Å². The normalized spacial score (nSPS) is 11.4. The van der Waals surface area contributed by atoms with E-state index < -0.39 is 10.0 Å². The first-order valence-electron chi connectivity index (χ1n) is 7.29. The van der Waals surface area contributed by atoms with Crippen LogP contribution in [0, 0.1) is 0 Å². The number of imidazole rings is 1. The Morgan fingerprint density at radius 1 is 1.24 bits per heavy atom. The second-order valence-corrected chi connectivity index (χ2v) is 8.15. The molecule has 0 aliphatic rings. The fourth-order valence-corrected chi connectivity index (χ4v) is 3.22. The summed E-state index contributed by atoms with van der Waals surface area (Å²) in [5.41, 5.74) is 2.21. The Morgan fingerprint density at radius 2 is 2.04 bits per heavy atom. The van der Waals surface area contributed by atoms with Crippen molar-refractivity contribution in [1.29, 1.82) is 0 Å². The molecule has 0 saturated heterocycles. The first kappa shape index (κ1) is 17.4. The highest BCUT2D eigenvalue weighted by Crippen LogP contribution is 2.14. The Kier molecular flexibility index (Phi) is 4.78. The number of carbonyl (C=O) groups is 1. The molecule has 0 radical (unpaired) electrons. The van der Waals surface area contributed by atoms with Gasteiger partial charge in [-0.3, -0.25) is 9.52 Å². The van der Waals surface area contributed by atoms with Crippen molar-refractivity contribution >= 4 is 43.2 Å². The minimum atomic E-state index is -3.39. The summed E-state index contributed by atoms with van der Waals surface area (Å²) in [7, 11) is -3.39. The number of sulfonamides is 1. The molecule has 0 unspecified atom stereocenters. The molecule has 1 amide bonds. The number of halogens is 1. The third-order valence-corrected chi connectivity index (χ3v) is 4.40. The van der Waals surface area contributed by atoms with Crippen LogP contribution in [0.4, 0.5) is 5.69 Å². The zero-order valence-electron chi connectivity index (χ0n) is 13.2. The summed E-state index contributed by atoms with van der Waals surface area (Å²) in [6, 6.07) is 10.1. The number of fused-ring (bicyclic) bond motifs is 1. The highest BCUT2D eigenvalue weighted by molar-refractivity contribution is 9.10. The fourth-order valence-electron chi connectivity index (χ4n) is 2.31. The minimum absolute atomic E-state index is 0.266. The lowest BCUT2D eigenvalue weighted by Gasteiger charge is -2.07. The van der Waals surface area contributed by atoms with E-state index in [1.54, 1.807) is 18.2 Å². The number of amides is 1. The molecule has 2 heterocycles. The lowest BCUT2D eigenvalue weighted by Crippen LogP contribution is -2.23. The Morgan fingerprint density at radius 3 is 2.80 bits per heavy atom. The van der Waals surface area contributed by atoms with Gasteiger partial charge >= 0.3 is 0 Å². The number of benzene rings is 1. The zero-order valence-corrected chi connectivity index (χ0v) is 15.6. The van der Waals surface area contributed by atoms with E-state index in [0.29, 0.717) is 11.3 Å². The SMILES string of the molecule is CS(=O)(=O)Nc1cccc(C(=O)NCc2cn3cc(Br)ccc3n2)c1. The molecule has 3 aromatic rings. The lowest BCUT2D eigenvalue weighted by molar-refractivity contribution is 0.0950. The molecule has 130 valence electrons. The van der Waals surface area contributed by atoms with E-state index in [9.17, 15) is 13.2 Å². The molecule has 7 nitrogen and oxygen atoms in total. The third kappa shape index (κ3) is 4.58. The maximum absolute atomic E-state index is 12.3. The van der Waals surface area contributed by atoms with Gasteiger partial charge in [0.25, 0.3) is 5.91 Å². The number of hydrogen-bond donors (Lipinski definition) is 2. The van der Waals surface area contributed by atoms with Crippen molar-refractivity contribution in [3.8, 4) is 0 Å². The van der Waals surface area contributed by atoms with Gasteiger partial charge in [-0.15, -0.1) is 0 Å². The van der Waals surface area contributed by atoms with Crippen LogP contribution >= 0.6 is 15.9 Å². The van der Waals surface area contributed by atoms with Gasteiger partial charge in [0.05, 0.1) is 18.5 Å². The van der Waals surface area contributed by atoms with E-state index >= 15 is 0 Å². The molecule has 0 aliphatic carbocycles. The number of nitrogens with one attached hydrogen (secondary N) is 2. The molecule has 25 heavy (non-hydrogen) atoms. The van der Waals surface area contributed by atoms with Crippen LogP contribution in [0.15, 0.2) is 53.3 Å². The van der Waals surface area contributed by atoms with Gasteiger partial charge < -0.3 is 9.72 Å². The zero-order chi connectivity index (χ0) is 18.0. The van der Waals surface area contributed by atoms with Gasteiger partial charge in [-0.1, -0.05) is 6.07 Å². The minimum Gasteiger partial charge on any atom is -0.346 e. The van der Waals surface area contributed by atoms with E-state index in [0.717, 1.165) is 22.1 Å². The van der Waals surface area contributed by atoms with Gasteiger partial charge in [0.1, 0.15) is 5.65 Å². The first-order valence-corrected chi connectivity index (χ1v) is 9.98. The van der Waals surface area contributed by atoms with Crippen LogP contribution in [0.1, 0.15) is 16.1 Å². The summed E-state index contributed by atoms with van der Waals surface area (Å²) >= 11 is 3.39. The molecular formula is C16H15BrN4O3S. The van der Waals surface area contributed by atoms with E-state index in [4.69, 9.17) is 0 Å². The Balaban J connectivity index is 1.70. The van der Waals surface area contributed by atoms with E-state index in [2.05, 4.69) is 31.0 Å². The summed E-state index contributed by atoms with van der Waals surface area (Å²) in [6.07, 6.45) is 4.78. The van der Waals surface area contributed by atoms with Gasteiger partial charge in [-0.25, -0.2) is 13.4 Å². The number of carbonyl (C=O) groups excluding carboxylic acids is 1. The molecule has 3 rings (SSSR count). The smallest absolute Gasteiger partial charge is 0.251 e. The summed E-state index contributed by atoms with van der Waals surface area (Å²) in [6.45, 7) is 0.266. The van der Waals surface area contributed by atoms with Crippen molar-refractivity contribution in [3.05, 3.63) is 64.5 Å². The van der Waals surface area contributed by atoms with Crippen molar-refractivity contribution in [1.82, 2.24) is 14.7 Å². The molecule has 2 N–H and O–H groups in total. The summed E-state index contributed by atoms with van der Waals surface area (Å²) in [4.78, 5) is 16.7. The average Bonchev–Trinajstić information content (AvgIpc) is 2.93. The molecule has 9 heteroatoms. The van der Waals surface area contributed by atoms with Crippen LogP contribution in [-0.4, -0.2) is 30.0 Å². The molecule has 2 aromatic heterocycles. The second kappa shape index (κ2) is 6.85. The van der Waals surface area contributed by atoms with Gasteiger partial charge in [-0.05, 0) is 46.3 Å². The van der Waals surface area contributed by atoms with Gasteiger partial charge in [0.15, 0.2) is 0 Å². The number of anilines is 1. The number of aromatic nitrogens is 2. The standard InChI is InChI=1S/C16H15BrN4O3S/c1-25(23,24)20-13-4-2-3-11(7-13)16(22)18-8-14-10-21-9-12(17)5-6-15(21)19-14/h2-7,9-10,20H,8H2,1H3,(H,18,22). The number of hydrogen-bond acceptors (Lipinski definition) is 4. The maximum atomic E-state index is 12.3. The van der Waals surface area contributed by atoms with E-state index in [1.165, 1.54) is 6.07 Å². The van der Waals surface area contributed by atoms with Crippen molar-refractivity contribution < 1.29 is 13.2 Å². The monoisotopic (exact) mass is 422 g/mol. The lowest BCUT2D eigenvalue weighted by atomic mass is 10.2. The van der Waals surface area contributed by atoms with Crippen LogP contribution in [-0.2, 0) is 16.6 Å². The highest BCUT2D eigenvalue weighted by atomic mass is 79.9. The molecule has 0 atom stereocenters. The predicted molar refractivity (Wildman–Crippen MR) is 99.0 cm³/mol. The molecule has 1 aromatic carbocycles. The highest BCUT2D eigenvalue weighted by Gasteiger charge is 2.09. The van der Waals surface area contributed by atoms with Crippen LogP contribution in [0.5, 0.6) is 0 Å². The fraction of sp³-hybridized carbons (Fsp3) is 0.125. The average molecular weight is 423 g/mol. The van der Waals surface area contributed by atoms with Gasteiger partial charge in [0, 0.05) is 28.1 Å². The largest absolute Gasteiger partial charge is 0.346 e.